The first kappa shape index (κ1) is 9.40. The van der Waals surface area contributed by atoms with Crippen molar-refractivity contribution in [1.29, 1.82) is 0 Å². The molecule has 0 bridgehead atoms. The average Bonchev–Trinajstić information content (AvgIpc) is 2.08. The zero-order valence-electron chi connectivity index (χ0n) is 7.65. The maximum atomic E-state index is 5.78. The molecule has 0 radical (unpaired) electrons. The van der Waals surface area contributed by atoms with Crippen LogP contribution in [0.3, 0.4) is 0 Å². The van der Waals surface area contributed by atoms with Gasteiger partial charge in [-0.1, -0.05) is 6.07 Å². The molecule has 1 nitrogen and oxygen atoms in total. The topological polar surface area (TPSA) is 9.23 Å². The number of alkyl halides is 1. The quantitative estimate of drug-likeness (QED) is 0.642. The van der Waals surface area contributed by atoms with Crippen LogP contribution in [0.5, 0.6) is 5.75 Å². The lowest BCUT2D eigenvalue weighted by Gasteiger charge is -2.09. The molecule has 0 spiro atoms. The van der Waals surface area contributed by atoms with Crippen molar-refractivity contribution in [2.45, 2.75) is 19.7 Å². The molecule has 0 aliphatic heterocycles. The zero-order chi connectivity index (χ0) is 9.14. The third-order valence-corrected chi connectivity index (χ3v) is 2.26. The van der Waals surface area contributed by atoms with Crippen LogP contribution in [0, 0.1) is 13.8 Å². The maximum absolute atomic E-state index is 5.78. The smallest absolute Gasteiger partial charge is 0.122 e. The molecule has 1 rings (SSSR count). The van der Waals surface area contributed by atoms with Crippen molar-refractivity contribution < 1.29 is 4.74 Å². The molecular weight excluding hydrogens is 172 g/mol. The van der Waals surface area contributed by atoms with Gasteiger partial charge in [0.1, 0.15) is 5.75 Å². The van der Waals surface area contributed by atoms with Crippen molar-refractivity contribution in [2.24, 2.45) is 0 Å². The van der Waals surface area contributed by atoms with Crippen molar-refractivity contribution in [2.75, 3.05) is 7.11 Å². The van der Waals surface area contributed by atoms with E-state index in [-0.39, 0.29) is 0 Å². The van der Waals surface area contributed by atoms with E-state index in [0.29, 0.717) is 5.88 Å². The molecule has 0 amide bonds. The minimum Gasteiger partial charge on any atom is -0.496 e. The summed E-state index contributed by atoms with van der Waals surface area (Å²) in [7, 11) is 1.68. The third kappa shape index (κ3) is 1.72. The normalized spacial score (nSPS) is 10.0. The van der Waals surface area contributed by atoms with Gasteiger partial charge in [0.2, 0.25) is 0 Å². The van der Waals surface area contributed by atoms with Crippen LogP contribution >= 0.6 is 11.6 Å². The van der Waals surface area contributed by atoms with Crippen LogP contribution in [0.15, 0.2) is 12.1 Å². The van der Waals surface area contributed by atoms with Crippen LogP contribution in [0.2, 0.25) is 0 Å². The molecule has 0 atom stereocenters. The molecule has 0 saturated carbocycles. The van der Waals surface area contributed by atoms with Gasteiger partial charge in [-0.25, -0.2) is 0 Å². The third-order valence-electron chi connectivity index (χ3n) is 1.98. The van der Waals surface area contributed by atoms with Gasteiger partial charge < -0.3 is 4.74 Å². The molecule has 12 heavy (non-hydrogen) atoms. The van der Waals surface area contributed by atoms with Crippen LogP contribution in [0.1, 0.15) is 16.7 Å². The lowest BCUT2D eigenvalue weighted by Crippen LogP contribution is -1.93. The van der Waals surface area contributed by atoms with E-state index in [0.717, 1.165) is 16.9 Å². The van der Waals surface area contributed by atoms with Crippen molar-refractivity contribution >= 4 is 11.6 Å². The molecule has 0 aliphatic rings. The molecule has 0 heterocycles. The lowest BCUT2D eigenvalue weighted by atomic mass is 10.1. The van der Waals surface area contributed by atoms with Crippen molar-refractivity contribution in [3.8, 4) is 5.75 Å². The van der Waals surface area contributed by atoms with Crippen LogP contribution < -0.4 is 4.74 Å². The van der Waals surface area contributed by atoms with Gasteiger partial charge in [-0.15, -0.1) is 11.6 Å². The number of ether oxygens (including phenoxy) is 1. The Labute approximate surface area is 78.3 Å². The second-order valence-corrected chi connectivity index (χ2v) is 3.15. The summed E-state index contributed by atoms with van der Waals surface area (Å²) in [5.41, 5.74) is 3.47. The van der Waals surface area contributed by atoms with Gasteiger partial charge in [0.15, 0.2) is 0 Å². The summed E-state index contributed by atoms with van der Waals surface area (Å²) in [5.74, 6) is 1.47. The number of halogens is 1. The highest BCUT2D eigenvalue weighted by molar-refractivity contribution is 6.17. The van der Waals surface area contributed by atoms with Crippen LogP contribution in [-0.2, 0) is 5.88 Å². The predicted molar refractivity (Wildman–Crippen MR) is 52.0 cm³/mol. The number of hydrogen-bond acceptors (Lipinski definition) is 1. The van der Waals surface area contributed by atoms with E-state index in [1.807, 2.05) is 19.9 Å². The van der Waals surface area contributed by atoms with Gasteiger partial charge in [-0.2, -0.15) is 0 Å². The molecular formula is C10H13ClO. The highest BCUT2D eigenvalue weighted by Gasteiger charge is 2.04. The number of rotatable bonds is 2. The summed E-state index contributed by atoms with van der Waals surface area (Å²) in [6.07, 6.45) is 0. The van der Waals surface area contributed by atoms with Gasteiger partial charge in [0, 0.05) is 5.88 Å². The first-order chi connectivity index (χ1) is 5.69. The monoisotopic (exact) mass is 184 g/mol. The number of methoxy groups -OCH3 is 1. The molecule has 0 aromatic heterocycles. The zero-order valence-corrected chi connectivity index (χ0v) is 8.40. The Balaban J connectivity index is 3.22. The number of hydrogen-bond donors (Lipinski definition) is 0. The Morgan fingerprint density at radius 2 is 2.00 bits per heavy atom. The van der Waals surface area contributed by atoms with Gasteiger partial charge >= 0.3 is 0 Å². The summed E-state index contributed by atoms with van der Waals surface area (Å²) in [4.78, 5) is 0. The fourth-order valence-corrected chi connectivity index (χ4v) is 1.53. The van der Waals surface area contributed by atoms with Crippen molar-refractivity contribution in [1.82, 2.24) is 0 Å². The summed E-state index contributed by atoms with van der Waals surface area (Å²) >= 11 is 5.78. The summed E-state index contributed by atoms with van der Waals surface area (Å²) in [5, 5.41) is 0. The number of benzene rings is 1. The molecule has 2 heteroatoms. The highest BCUT2D eigenvalue weighted by atomic mass is 35.5. The molecule has 0 saturated heterocycles. The minimum atomic E-state index is 0.546. The van der Waals surface area contributed by atoms with E-state index in [2.05, 4.69) is 6.07 Å². The van der Waals surface area contributed by atoms with Gasteiger partial charge in [-0.3, -0.25) is 0 Å². The molecule has 0 N–H and O–H groups in total. The second-order valence-electron chi connectivity index (χ2n) is 2.88. The molecule has 1 aromatic rings. The maximum Gasteiger partial charge on any atom is 0.122 e. The molecule has 1 aromatic carbocycles. The molecule has 0 unspecified atom stereocenters. The van der Waals surface area contributed by atoms with Crippen LogP contribution in [-0.4, -0.2) is 7.11 Å². The fourth-order valence-electron chi connectivity index (χ4n) is 1.25. The molecule has 0 aliphatic carbocycles. The Kier molecular flexibility index (Phi) is 2.99. The average molecular weight is 185 g/mol. The van der Waals surface area contributed by atoms with Crippen LogP contribution in [0.25, 0.3) is 0 Å². The fraction of sp³-hybridized carbons (Fsp3) is 0.400. The molecule has 66 valence electrons. The van der Waals surface area contributed by atoms with Crippen molar-refractivity contribution in [3.63, 3.8) is 0 Å². The minimum absolute atomic E-state index is 0.546. The van der Waals surface area contributed by atoms with E-state index in [1.54, 1.807) is 7.11 Å². The largest absolute Gasteiger partial charge is 0.496 e. The SMILES string of the molecule is COc1cc(C)cc(CCl)c1C. The summed E-state index contributed by atoms with van der Waals surface area (Å²) in [6, 6.07) is 4.11. The standard InChI is InChI=1S/C10H13ClO/c1-7-4-9(6-11)8(2)10(5-7)12-3/h4-5H,6H2,1-3H3. The number of aryl methyl sites for hydroxylation is 1. The second kappa shape index (κ2) is 3.81. The van der Waals surface area contributed by atoms with Gasteiger partial charge in [-0.05, 0) is 36.6 Å². The van der Waals surface area contributed by atoms with Gasteiger partial charge in [0.25, 0.3) is 0 Å². The Morgan fingerprint density at radius 3 is 2.50 bits per heavy atom. The first-order valence-corrected chi connectivity index (χ1v) is 4.42. The summed E-state index contributed by atoms with van der Waals surface area (Å²) < 4.78 is 5.21. The predicted octanol–water partition coefficient (Wildman–Crippen LogP) is 3.05. The Hall–Kier alpha value is -0.690. The van der Waals surface area contributed by atoms with E-state index >= 15 is 0 Å². The lowest BCUT2D eigenvalue weighted by molar-refractivity contribution is 0.411. The first-order valence-electron chi connectivity index (χ1n) is 3.89. The van der Waals surface area contributed by atoms with E-state index in [1.165, 1.54) is 5.56 Å². The Morgan fingerprint density at radius 1 is 1.33 bits per heavy atom. The van der Waals surface area contributed by atoms with E-state index in [9.17, 15) is 0 Å². The van der Waals surface area contributed by atoms with Gasteiger partial charge in [0.05, 0.1) is 7.11 Å². The highest BCUT2D eigenvalue weighted by Crippen LogP contribution is 2.24. The summed E-state index contributed by atoms with van der Waals surface area (Å²) in [6.45, 7) is 4.06. The molecule has 0 fully saturated rings. The Bertz CT molecular complexity index is 256. The van der Waals surface area contributed by atoms with Crippen LogP contribution in [0.4, 0.5) is 0 Å². The van der Waals surface area contributed by atoms with Crippen molar-refractivity contribution in [3.05, 3.63) is 28.8 Å². The van der Waals surface area contributed by atoms with E-state index < -0.39 is 0 Å². The van der Waals surface area contributed by atoms with E-state index in [4.69, 9.17) is 16.3 Å².